The second kappa shape index (κ2) is 12.8. The summed E-state index contributed by atoms with van der Waals surface area (Å²) in [6.07, 6.45) is 4.58. The number of pyridine rings is 1. The summed E-state index contributed by atoms with van der Waals surface area (Å²) in [6, 6.07) is 17.2. The number of aromatic nitrogens is 1. The monoisotopic (exact) mass is 602 g/mol. The standard InChI is InChI=1S/C34H29ClF2N2O4/c1-19-6-4-9-23(28-17-30(42-2)25(18-38-28)32-27(36)13-12-26(35)33(32)37)21-7-5-8-22(16-21)24-11-10-20(15-31(40)43-3)14-29(24)39-34(19)41/h5,7-14,16-19H,4,6,15H2,1-3H3,(H,39,41)/b23-9+. The van der Waals surface area contributed by atoms with Crippen LogP contribution in [0.4, 0.5) is 14.5 Å². The van der Waals surface area contributed by atoms with Gasteiger partial charge in [0.05, 0.1) is 36.9 Å². The number of rotatable bonds is 5. The van der Waals surface area contributed by atoms with Gasteiger partial charge in [0.25, 0.3) is 0 Å². The zero-order chi connectivity index (χ0) is 30.7. The molecule has 1 aromatic heterocycles. The fourth-order valence-corrected chi connectivity index (χ4v) is 5.26. The lowest BCUT2D eigenvalue weighted by molar-refractivity contribution is -0.139. The first-order chi connectivity index (χ1) is 20.7. The van der Waals surface area contributed by atoms with Crippen LogP contribution in [0.15, 0.2) is 72.9 Å². The molecule has 0 saturated carbocycles. The Kier molecular flexibility index (Phi) is 8.87. The fourth-order valence-electron chi connectivity index (χ4n) is 5.10. The van der Waals surface area contributed by atoms with Crippen LogP contribution in [-0.2, 0) is 20.7 Å². The molecule has 2 bridgehead atoms. The maximum Gasteiger partial charge on any atom is 0.309 e. The summed E-state index contributed by atoms with van der Waals surface area (Å²) in [5.41, 5.74) is 4.90. The van der Waals surface area contributed by atoms with E-state index in [0.29, 0.717) is 29.8 Å². The lowest BCUT2D eigenvalue weighted by Gasteiger charge is -2.19. The van der Waals surface area contributed by atoms with Gasteiger partial charge in [-0.3, -0.25) is 14.6 Å². The SMILES string of the molecule is COC(=O)Cc1ccc2c(c1)NC(=O)C(C)CC/C=C(/c1cc(OC)c(-c3c(F)ccc(Cl)c3F)cn1)c1cccc-2c1. The second-order valence-corrected chi connectivity index (χ2v) is 10.7. The van der Waals surface area contributed by atoms with Crippen LogP contribution < -0.4 is 10.1 Å². The third-order valence-electron chi connectivity index (χ3n) is 7.47. The predicted octanol–water partition coefficient (Wildman–Crippen LogP) is 7.87. The fraction of sp³-hybridized carbons (Fsp3) is 0.206. The first-order valence-electron chi connectivity index (χ1n) is 13.7. The normalized spacial score (nSPS) is 16.1. The van der Waals surface area contributed by atoms with Gasteiger partial charge in [-0.25, -0.2) is 8.78 Å². The zero-order valence-corrected chi connectivity index (χ0v) is 24.6. The number of nitrogens with one attached hydrogen (secondary N) is 1. The van der Waals surface area contributed by atoms with E-state index in [-0.39, 0.29) is 46.1 Å². The van der Waals surface area contributed by atoms with Gasteiger partial charge in [0.15, 0.2) is 5.82 Å². The Morgan fingerprint density at radius 3 is 2.60 bits per heavy atom. The minimum Gasteiger partial charge on any atom is -0.496 e. The Balaban J connectivity index is 1.63. The number of ether oxygens (including phenoxy) is 2. The molecule has 1 aliphatic rings. The van der Waals surface area contributed by atoms with Crippen LogP contribution in [0.25, 0.3) is 27.8 Å². The number of amides is 1. The number of carbonyl (C=O) groups excluding carboxylic acids is 2. The first-order valence-corrected chi connectivity index (χ1v) is 14.1. The number of methoxy groups -OCH3 is 2. The highest BCUT2D eigenvalue weighted by atomic mass is 35.5. The second-order valence-electron chi connectivity index (χ2n) is 10.3. The van der Waals surface area contributed by atoms with Gasteiger partial charge in [0.1, 0.15) is 11.6 Å². The molecule has 43 heavy (non-hydrogen) atoms. The topological polar surface area (TPSA) is 77.5 Å². The molecule has 3 aromatic carbocycles. The molecular formula is C34H29ClF2N2O4. The van der Waals surface area contributed by atoms with E-state index in [1.807, 2.05) is 49.4 Å². The lowest BCUT2D eigenvalue weighted by atomic mass is 9.92. The molecule has 1 unspecified atom stereocenters. The number of fused-ring (bicyclic) bond motifs is 4. The van der Waals surface area contributed by atoms with Crippen LogP contribution in [0.1, 0.15) is 36.6 Å². The van der Waals surface area contributed by atoms with Crippen molar-refractivity contribution < 1.29 is 27.8 Å². The number of hydrogen-bond donors (Lipinski definition) is 1. The highest BCUT2D eigenvalue weighted by molar-refractivity contribution is 6.31. The Labute approximate surface area is 253 Å². The molecule has 6 nitrogen and oxygen atoms in total. The smallest absolute Gasteiger partial charge is 0.309 e. The van der Waals surface area contributed by atoms with Crippen molar-refractivity contribution in [3.05, 3.63) is 106 Å². The van der Waals surface area contributed by atoms with Crippen molar-refractivity contribution in [2.45, 2.75) is 26.2 Å². The van der Waals surface area contributed by atoms with Gasteiger partial charge in [-0.2, -0.15) is 0 Å². The molecule has 1 aliphatic heterocycles. The third kappa shape index (κ3) is 6.29. The van der Waals surface area contributed by atoms with Crippen LogP contribution >= 0.6 is 11.6 Å². The van der Waals surface area contributed by atoms with Crippen molar-refractivity contribution in [2.24, 2.45) is 5.92 Å². The molecule has 0 aliphatic carbocycles. The Morgan fingerprint density at radius 2 is 1.84 bits per heavy atom. The summed E-state index contributed by atoms with van der Waals surface area (Å²) < 4.78 is 40.0. The van der Waals surface area contributed by atoms with Crippen molar-refractivity contribution in [1.82, 2.24) is 4.98 Å². The van der Waals surface area contributed by atoms with E-state index >= 15 is 0 Å². The minimum absolute atomic E-state index is 0.0780. The number of hydrogen-bond acceptors (Lipinski definition) is 5. The molecular weight excluding hydrogens is 574 g/mol. The number of nitrogens with zero attached hydrogens (tertiary/aromatic N) is 1. The largest absolute Gasteiger partial charge is 0.496 e. The minimum atomic E-state index is -0.895. The van der Waals surface area contributed by atoms with E-state index in [2.05, 4.69) is 10.3 Å². The molecule has 2 heterocycles. The van der Waals surface area contributed by atoms with Gasteiger partial charge in [0.2, 0.25) is 5.91 Å². The van der Waals surface area contributed by atoms with Gasteiger partial charge in [0, 0.05) is 40.6 Å². The van der Waals surface area contributed by atoms with Crippen LogP contribution in [0.5, 0.6) is 5.75 Å². The van der Waals surface area contributed by atoms with Gasteiger partial charge >= 0.3 is 5.97 Å². The first kappa shape index (κ1) is 29.9. The summed E-state index contributed by atoms with van der Waals surface area (Å²) in [5.74, 6) is -2.28. The number of halogens is 3. The van der Waals surface area contributed by atoms with Gasteiger partial charge in [-0.1, -0.05) is 54.9 Å². The summed E-state index contributed by atoms with van der Waals surface area (Å²) in [7, 11) is 2.76. The number of carbonyl (C=O) groups is 2. The highest BCUT2D eigenvalue weighted by Gasteiger charge is 2.22. The van der Waals surface area contributed by atoms with E-state index in [1.54, 1.807) is 12.1 Å². The predicted molar refractivity (Wildman–Crippen MR) is 163 cm³/mol. The Morgan fingerprint density at radius 1 is 1.05 bits per heavy atom. The summed E-state index contributed by atoms with van der Waals surface area (Å²) in [6.45, 7) is 1.86. The van der Waals surface area contributed by atoms with Crippen LogP contribution in [-0.4, -0.2) is 31.1 Å². The maximum atomic E-state index is 14.9. The molecule has 0 radical (unpaired) electrons. The van der Waals surface area contributed by atoms with Gasteiger partial charge < -0.3 is 14.8 Å². The number of anilines is 1. The zero-order valence-electron chi connectivity index (χ0n) is 23.8. The van der Waals surface area contributed by atoms with Gasteiger partial charge in [-0.05, 0) is 53.8 Å². The number of esters is 1. The van der Waals surface area contributed by atoms with E-state index in [0.717, 1.165) is 34.4 Å². The molecule has 0 saturated heterocycles. The quantitative estimate of drug-likeness (QED) is 0.186. The van der Waals surface area contributed by atoms with Gasteiger partial charge in [-0.15, -0.1) is 0 Å². The summed E-state index contributed by atoms with van der Waals surface area (Å²) >= 11 is 5.94. The third-order valence-corrected chi connectivity index (χ3v) is 7.77. The molecule has 5 rings (SSSR count). The number of benzene rings is 3. The summed E-state index contributed by atoms with van der Waals surface area (Å²) in [4.78, 5) is 29.7. The van der Waals surface area contributed by atoms with Crippen LogP contribution in [0.2, 0.25) is 5.02 Å². The van der Waals surface area contributed by atoms with E-state index in [1.165, 1.54) is 20.4 Å². The molecule has 0 fully saturated rings. The van der Waals surface area contributed by atoms with Crippen molar-refractivity contribution in [3.63, 3.8) is 0 Å². The van der Waals surface area contributed by atoms with Crippen molar-refractivity contribution in [3.8, 4) is 28.0 Å². The maximum absolute atomic E-state index is 14.9. The van der Waals surface area contributed by atoms with Crippen molar-refractivity contribution in [1.29, 1.82) is 0 Å². The Hall–Kier alpha value is -4.56. The highest BCUT2D eigenvalue weighted by Crippen LogP contribution is 2.39. The molecule has 220 valence electrons. The molecule has 1 N–H and O–H groups in total. The van der Waals surface area contributed by atoms with E-state index in [9.17, 15) is 18.4 Å². The van der Waals surface area contributed by atoms with Crippen molar-refractivity contribution >= 4 is 34.7 Å². The number of allylic oxidation sites excluding steroid dienone is 1. The molecule has 1 amide bonds. The molecule has 4 aromatic rings. The van der Waals surface area contributed by atoms with Crippen LogP contribution in [0.3, 0.4) is 0 Å². The average molecular weight is 603 g/mol. The van der Waals surface area contributed by atoms with Crippen molar-refractivity contribution in [2.75, 3.05) is 19.5 Å². The molecule has 1 atom stereocenters. The molecule has 9 heteroatoms. The van der Waals surface area contributed by atoms with E-state index < -0.39 is 11.6 Å². The van der Waals surface area contributed by atoms with Crippen LogP contribution in [0, 0.1) is 17.6 Å². The average Bonchev–Trinajstić information content (AvgIpc) is 3.01. The Bertz CT molecular complexity index is 1750. The lowest BCUT2D eigenvalue weighted by Crippen LogP contribution is -2.21. The molecule has 0 spiro atoms. The van der Waals surface area contributed by atoms with E-state index in [4.69, 9.17) is 21.1 Å². The summed E-state index contributed by atoms with van der Waals surface area (Å²) in [5, 5.41) is 2.84.